The van der Waals surface area contributed by atoms with Crippen molar-refractivity contribution in [3.8, 4) is 5.69 Å². The second-order valence-corrected chi connectivity index (χ2v) is 6.00. The average molecular weight is 320 g/mol. The van der Waals surface area contributed by atoms with Crippen LogP contribution < -0.4 is 5.56 Å². The molecule has 0 unspecified atom stereocenters. The van der Waals surface area contributed by atoms with E-state index in [-0.39, 0.29) is 10.4 Å². The van der Waals surface area contributed by atoms with Crippen LogP contribution in [-0.4, -0.2) is 15.6 Å². The van der Waals surface area contributed by atoms with Crippen molar-refractivity contribution in [2.75, 3.05) is 0 Å². The molecule has 2 heterocycles. The van der Waals surface area contributed by atoms with E-state index in [0.717, 1.165) is 16.7 Å². The van der Waals surface area contributed by atoms with Gasteiger partial charge in [0.1, 0.15) is 9.71 Å². The van der Waals surface area contributed by atoms with Crippen LogP contribution in [0.5, 0.6) is 0 Å². The van der Waals surface area contributed by atoms with Crippen LogP contribution in [0.3, 0.4) is 0 Å². The molecular weight excluding hydrogens is 310 g/mol. The standard InChI is InChI=1S/C15H10ClNO3S/c1-8-11-6-7-12(18)17(10-4-2-9(16)3-5-10)14(11)21-13(8)15(19)20/h2-7H,1H3,(H,19,20). The van der Waals surface area contributed by atoms with E-state index >= 15 is 0 Å². The number of halogens is 1. The van der Waals surface area contributed by atoms with Crippen molar-refractivity contribution < 1.29 is 9.90 Å². The summed E-state index contributed by atoms with van der Waals surface area (Å²) in [6.45, 7) is 1.75. The highest BCUT2D eigenvalue weighted by Gasteiger charge is 2.17. The SMILES string of the molecule is Cc1c(C(=O)O)sc2c1ccc(=O)n2-c1ccc(Cl)cc1. The molecule has 0 atom stereocenters. The highest BCUT2D eigenvalue weighted by atomic mass is 35.5. The third-order valence-corrected chi connectivity index (χ3v) is 4.80. The lowest BCUT2D eigenvalue weighted by molar-refractivity contribution is 0.0701. The first-order valence-electron chi connectivity index (χ1n) is 6.13. The molecule has 0 bridgehead atoms. The molecule has 0 saturated carbocycles. The van der Waals surface area contributed by atoms with E-state index in [4.69, 9.17) is 11.6 Å². The zero-order chi connectivity index (χ0) is 15.1. The third kappa shape index (κ3) is 2.24. The summed E-state index contributed by atoms with van der Waals surface area (Å²) in [5.41, 5.74) is 1.13. The first-order valence-corrected chi connectivity index (χ1v) is 7.33. The van der Waals surface area contributed by atoms with Crippen molar-refractivity contribution >= 4 is 39.1 Å². The van der Waals surface area contributed by atoms with Gasteiger partial charge in [-0.05, 0) is 42.8 Å². The number of aryl methyl sites for hydroxylation is 1. The maximum Gasteiger partial charge on any atom is 0.346 e. The maximum absolute atomic E-state index is 12.2. The number of nitrogens with zero attached hydrogens (tertiary/aromatic N) is 1. The fraction of sp³-hybridized carbons (Fsp3) is 0.0667. The number of rotatable bonds is 2. The van der Waals surface area contributed by atoms with Gasteiger partial charge in [0, 0.05) is 16.5 Å². The third-order valence-electron chi connectivity index (χ3n) is 3.27. The molecule has 0 aliphatic rings. The van der Waals surface area contributed by atoms with Gasteiger partial charge in [0.05, 0.1) is 5.69 Å². The van der Waals surface area contributed by atoms with E-state index < -0.39 is 5.97 Å². The second kappa shape index (κ2) is 5.02. The lowest BCUT2D eigenvalue weighted by Gasteiger charge is -2.07. The minimum Gasteiger partial charge on any atom is -0.477 e. The fourth-order valence-corrected chi connectivity index (χ4v) is 3.53. The number of carbonyl (C=O) groups is 1. The van der Waals surface area contributed by atoms with Crippen LogP contribution in [0, 0.1) is 6.92 Å². The number of aromatic nitrogens is 1. The van der Waals surface area contributed by atoms with Crippen molar-refractivity contribution in [3.63, 3.8) is 0 Å². The average Bonchev–Trinajstić information content (AvgIpc) is 2.78. The van der Waals surface area contributed by atoms with Gasteiger partial charge in [0.15, 0.2) is 0 Å². The molecule has 3 rings (SSSR count). The maximum atomic E-state index is 12.2. The second-order valence-electron chi connectivity index (χ2n) is 4.56. The van der Waals surface area contributed by atoms with Crippen LogP contribution in [0.15, 0.2) is 41.2 Å². The van der Waals surface area contributed by atoms with E-state index in [1.165, 1.54) is 10.6 Å². The van der Waals surface area contributed by atoms with Crippen LogP contribution in [0.4, 0.5) is 0 Å². The van der Waals surface area contributed by atoms with Crippen LogP contribution >= 0.6 is 22.9 Å². The van der Waals surface area contributed by atoms with Crippen molar-refractivity contribution in [2.24, 2.45) is 0 Å². The van der Waals surface area contributed by atoms with Gasteiger partial charge < -0.3 is 5.11 Å². The largest absolute Gasteiger partial charge is 0.477 e. The number of hydrogen-bond acceptors (Lipinski definition) is 3. The smallest absolute Gasteiger partial charge is 0.346 e. The van der Waals surface area contributed by atoms with Gasteiger partial charge in [-0.25, -0.2) is 4.79 Å². The number of carboxylic acids is 1. The Morgan fingerprint density at radius 2 is 1.86 bits per heavy atom. The molecule has 0 fully saturated rings. The topological polar surface area (TPSA) is 59.3 Å². The molecule has 4 nitrogen and oxygen atoms in total. The number of pyridine rings is 1. The summed E-state index contributed by atoms with van der Waals surface area (Å²) >= 11 is 6.97. The normalized spacial score (nSPS) is 11.0. The summed E-state index contributed by atoms with van der Waals surface area (Å²) in [5, 5.41) is 10.6. The minimum atomic E-state index is -0.983. The van der Waals surface area contributed by atoms with E-state index in [0.29, 0.717) is 21.1 Å². The summed E-state index contributed by atoms with van der Waals surface area (Å²) in [4.78, 5) is 24.3. The molecular formula is C15H10ClNO3S. The Hall–Kier alpha value is -2.11. The molecule has 3 aromatic rings. The van der Waals surface area contributed by atoms with Crippen molar-refractivity contribution in [1.82, 2.24) is 4.57 Å². The number of fused-ring (bicyclic) bond motifs is 1. The van der Waals surface area contributed by atoms with Gasteiger partial charge in [-0.15, -0.1) is 11.3 Å². The molecule has 0 radical (unpaired) electrons. The molecule has 2 aromatic heterocycles. The summed E-state index contributed by atoms with van der Waals surface area (Å²) in [6.07, 6.45) is 0. The highest BCUT2D eigenvalue weighted by molar-refractivity contribution is 7.20. The number of thiophene rings is 1. The predicted octanol–water partition coefficient (Wildman–Crippen LogP) is 3.71. The van der Waals surface area contributed by atoms with Crippen molar-refractivity contribution in [1.29, 1.82) is 0 Å². The molecule has 0 spiro atoms. The van der Waals surface area contributed by atoms with Gasteiger partial charge in [0.2, 0.25) is 0 Å². The molecule has 21 heavy (non-hydrogen) atoms. The van der Waals surface area contributed by atoms with Gasteiger partial charge in [0.25, 0.3) is 5.56 Å². The Bertz CT molecular complexity index is 909. The van der Waals surface area contributed by atoms with Gasteiger partial charge >= 0.3 is 5.97 Å². The quantitative estimate of drug-likeness (QED) is 0.783. The fourth-order valence-electron chi connectivity index (χ4n) is 2.24. The highest BCUT2D eigenvalue weighted by Crippen LogP contribution is 2.31. The summed E-state index contributed by atoms with van der Waals surface area (Å²) in [6, 6.07) is 9.98. The Balaban J connectivity index is 2.39. The van der Waals surface area contributed by atoms with E-state index in [2.05, 4.69) is 0 Å². The Kier molecular flexibility index (Phi) is 3.31. The zero-order valence-corrected chi connectivity index (χ0v) is 12.5. The van der Waals surface area contributed by atoms with E-state index in [9.17, 15) is 14.7 Å². The first kappa shape index (κ1) is 13.9. The minimum absolute atomic E-state index is 0.206. The summed E-state index contributed by atoms with van der Waals surface area (Å²) < 4.78 is 1.51. The molecule has 0 aliphatic heterocycles. The van der Waals surface area contributed by atoms with Crippen molar-refractivity contribution in [3.05, 3.63) is 62.2 Å². The monoisotopic (exact) mass is 319 g/mol. The van der Waals surface area contributed by atoms with Crippen LogP contribution in [-0.2, 0) is 0 Å². The molecule has 1 N–H and O–H groups in total. The molecule has 0 saturated heterocycles. The number of carboxylic acid groups (broad SMARTS) is 1. The lowest BCUT2D eigenvalue weighted by Crippen LogP contribution is -2.16. The Morgan fingerprint density at radius 3 is 2.48 bits per heavy atom. The van der Waals surface area contributed by atoms with Gasteiger partial charge in [-0.3, -0.25) is 9.36 Å². The lowest BCUT2D eigenvalue weighted by atomic mass is 10.2. The Labute approximate surface area is 128 Å². The van der Waals surface area contributed by atoms with Gasteiger partial charge in [-0.1, -0.05) is 11.6 Å². The molecule has 1 aromatic carbocycles. The Morgan fingerprint density at radius 1 is 1.19 bits per heavy atom. The van der Waals surface area contributed by atoms with E-state index in [1.807, 2.05) is 0 Å². The summed E-state index contributed by atoms with van der Waals surface area (Å²) in [5.74, 6) is -0.983. The first-order chi connectivity index (χ1) is 9.99. The van der Waals surface area contributed by atoms with Crippen LogP contribution in [0.25, 0.3) is 15.9 Å². The molecule has 0 aliphatic carbocycles. The summed E-state index contributed by atoms with van der Waals surface area (Å²) in [7, 11) is 0. The van der Waals surface area contributed by atoms with Crippen molar-refractivity contribution in [2.45, 2.75) is 6.92 Å². The number of aromatic carboxylic acids is 1. The number of benzene rings is 1. The van der Waals surface area contributed by atoms with Gasteiger partial charge in [-0.2, -0.15) is 0 Å². The van der Waals surface area contributed by atoms with Crippen LogP contribution in [0.1, 0.15) is 15.2 Å². The molecule has 106 valence electrons. The molecule has 0 amide bonds. The van der Waals surface area contributed by atoms with E-state index in [1.54, 1.807) is 37.3 Å². The molecule has 6 heteroatoms. The number of hydrogen-bond donors (Lipinski definition) is 1. The zero-order valence-electron chi connectivity index (χ0n) is 11.0. The van der Waals surface area contributed by atoms with Crippen LogP contribution in [0.2, 0.25) is 5.02 Å². The predicted molar refractivity (Wildman–Crippen MR) is 84.1 cm³/mol.